The van der Waals surface area contributed by atoms with Crippen LogP contribution in [0.25, 0.3) is 0 Å². The molecule has 0 amide bonds. The Labute approximate surface area is 129 Å². The van der Waals surface area contributed by atoms with Crippen LogP contribution in [0, 0.1) is 11.8 Å². The second-order valence-electron chi connectivity index (χ2n) is 6.33. The van der Waals surface area contributed by atoms with Crippen LogP contribution in [0.5, 0.6) is 0 Å². The van der Waals surface area contributed by atoms with E-state index in [-0.39, 0.29) is 24.8 Å². The fourth-order valence-electron chi connectivity index (χ4n) is 3.72. The summed E-state index contributed by atoms with van der Waals surface area (Å²) in [7, 11) is 4.51. The topological polar surface area (TPSA) is 15.7 Å². The van der Waals surface area contributed by atoms with Gasteiger partial charge in [0.15, 0.2) is 0 Å². The summed E-state index contributed by atoms with van der Waals surface area (Å²) in [6, 6.07) is 1.60. The van der Waals surface area contributed by atoms with Gasteiger partial charge >= 0.3 is 0 Å². The van der Waals surface area contributed by atoms with Crippen LogP contribution in [-0.2, 0) is 4.74 Å². The zero-order valence-electron chi connectivity index (χ0n) is 12.1. The van der Waals surface area contributed by atoms with Crippen LogP contribution in [0.4, 0.5) is 0 Å². The van der Waals surface area contributed by atoms with Gasteiger partial charge in [-0.3, -0.25) is 4.90 Å². The maximum Gasteiger partial charge on any atom is 0.0480 e. The Morgan fingerprint density at radius 1 is 0.947 bits per heavy atom. The van der Waals surface area contributed by atoms with E-state index in [0.29, 0.717) is 0 Å². The Hall–Kier alpha value is 0.460. The molecule has 3 fully saturated rings. The highest BCUT2D eigenvalue weighted by Gasteiger charge is 2.44. The number of halogens is 2. The molecule has 0 radical (unpaired) electrons. The van der Waals surface area contributed by atoms with Crippen molar-refractivity contribution in [2.45, 2.75) is 37.8 Å². The number of likely N-dealkylation sites (tertiary alicyclic amines) is 1. The number of likely N-dealkylation sites (N-methyl/N-ethyl adjacent to an activating group) is 1. The van der Waals surface area contributed by atoms with Crippen molar-refractivity contribution >= 4 is 24.8 Å². The Morgan fingerprint density at radius 2 is 1.58 bits per heavy atom. The molecule has 3 nitrogen and oxygen atoms in total. The van der Waals surface area contributed by atoms with Crippen LogP contribution in [0.15, 0.2) is 0 Å². The summed E-state index contributed by atoms with van der Waals surface area (Å²) in [6.45, 7) is 4.58. The second kappa shape index (κ2) is 7.46. The monoisotopic (exact) mass is 310 g/mol. The summed E-state index contributed by atoms with van der Waals surface area (Å²) in [6.07, 6.45) is 5.46. The zero-order chi connectivity index (χ0) is 11.8. The van der Waals surface area contributed by atoms with Crippen molar-refractivity contribution in [1.82, 2.24) is 9.80 Å². The maximum atomic E-state index is 5.48. The van der Waals surface area contributed by atoms with E-state index in [2.05, 4.69) is 23.9 Å². The van der Waals surface area contributed by atoms with Crippen LogP contribution in [0.3, 0.4) is 0 Å². The highest BCUT2D eigenvalue weighted by Crippen LogP contribution is 2.43. The molecule has 114 valence electrons. The third kappa shape index (κ3) is 3.98. The van der Waals surface area contributed by atoms with Gasteiger partial charge in [-0.05, 0) is 51.6 Å². The van der Waals surface area contributed by atoms with Crippen molar-refractivity contribution in [3.63, 3.8) is 0 Å². The first-order valence-corrected chi connectivity index (χ1v) is 7.24. The highest BCUT2D eigenvalue weighted by atomic mass is 35.5. The lowest BCUT2D eigenvalue weighted by atomic mass is 9.97. The number of nitrogens with zero attached hydrogens (tertiary/aromatic N) is 2. The predicted molar refractivity (Wildman–Crippen MR) is 83.6 cm³/mol. The molecule has 19 heavy (non-hydrogen) atoms. The summed E-state index contributed by atoms with van der Waals surface area (Å²) in [5, 5.41) is 0. The van der Waals surface area contributed by atoms with Crippen LogP contribution in [0.1, 0.15) is 25.7 Å². The Bertz CT molecular complexity index is 258. The predicted octanol–water partition coefficient (Wildman–Crippen LogP) is 2.28. The van der Waals surface area contributed by atoms with Crippen molar-refractivity contribution in [2.75, 3.05) is 40.4 Å². The molecule has 0 aromatic rings. The van der Waals surface area contributed by atoms with Gasteiger partial charge < -0.3 is 9.64 Å². The molecule has 0 bridgehead atoms. The van der Waals surface area contributed by atoms with E-state index in [4.69, 9.17) is 4.74 Å². The van der Waals surface area contributed by atoms with E-state index in [1.165, 1.54) is 38.8 Å². The largest absolute Gasteiger partial charge is 0.381 e. The minimum absolute atomic E-state index is 0. The fraction of sp³-hybridized carbons (Fsp3) is 1.00. The second-order valence-corrected chi connectivity index (χ2v) is 6.33. The minimum Gasteiger partial charge on any atom is -0.381 e. The van der Waals surface area contributed by atoms with Crippen LogP contribution in [-0.4, -0.2) is 62.3 Å². The van der Waals surface area contributed by atoms with Gasteiger partial charge in [0.1, 0.15) is 0 Å². The molecule has 3 aliphatic rings. The molecule has 2 atom stereocenters. The average molecular weight is 311 g/mol. The summed E-state index contributed by atoms with van der Waals surface area (Å²) < 4.78 is 5.48. The summed E-state index contributed by atoms with van der Waals surface area (Å²) in [5.74, 6) is 1.97. The lowest BCUT2D eigenvalue weighted by Gasteiger charge is -2.31. The molecular formula is C14H28Cl2N2O. The Morgan fingerprint density at radius 3 is 2.11 bits per heavy atom. The van der Waals surface area contributed by atoms with Gasteiger partial charge in [-0.15, -0.1) is 24.8 Å². The number of ether oxygens (including phenoxy) is 1. The van der Waals surface area contributed by atoms with Crippen molar-refractivity contribution in [3.8, 4) is 0 Å². The molecule has 0 N–H and O–H groups in total. The third-order valence-electron chi connectivity index (χ3n) is 4.96. The van der Waals surface area contributed by atoms with Crippen LogP contribution < -0.4 is 0 Å². The summed E-state index contributed by atoms with van der Waals surface area (Å²) >= 11 is 0. The van der Waals surface area contributed by atoms with Crippen LogP contribution in [0.2, 0.25) is 0 Å². The third-order valence-corrected chi connectivity index (χ3v) is 4.96. The molecule has 1 aliphatic carbocycles. The lowest BCUT2D eigenvalue weighted by molar-refractivity contribution is 0.0397. The molecule has 0 aromatic carbocycles. The number of rotatable bonds is 3. The van der Waals surface area contributed by atoms with Gasteiger partial charge in [0.25, 0.3) is 0 Å². The summed E-state index contributed by atoms with van der Waals surface area (Å²) in [5.41, 5.74) is 0. The van der Waals surface area contributed by atoms with Crippen molar-refractivity contribution < 1.29 is 4.74 Å². The van der Waals surface area contributed by atoms with Gasteiger partial charge in [0, 0.05) is 38.4 Å². The molecular weight excluding hydrogens is 283 g/mol. The first-order chi connectivity index (χ1) is 8.25. The molecule has 1 saturated carbocycles. The highest BCUT2D eigenvalue weighted by molar-refractivity contribution is 5.85. The van der Waals surface area contributed by atoms with Crippen LogP contribution >= 0.6 is 24.8 Å². The quantitative estimate of drug-likeness (QED) is 0.795. The molecule has 3 rings (SSSR count). The standard InChI is InChI=1S/C14H26N2O.2ClH/c1-15(2)14-10-16(9-13(14)11-3-4-11)12-5-7-17-8-6-12;;/h11-14H,3-10H2,1-2H3;2*1H/t13-,14+;;/m1../s1. The minimum atomic E-state index is 0. The van der Waals surface area contributed by atoms with E-state index in [1.807, 2.05) is 0 Å². The SMILES string of the molecule is CN(C)[C@H]1CN(C2CCOCC2)C[C@@H]1C1CC1.Cl.Cl. The molecule has 0 spiro atoms. The Kier molecular flexibility index (Phi) is 6.88. The molecule has 2 saturated heterocycles. The summed E-state index contributed by atoms with van der Waals surface area (Å²) in [4.78, 5) is 5.22. The molecule has 2 heterocycles. The molecule has 0 unspecified atom stereocenters. The Balaban J connectivity index is 0.000000902. The van der Waals surface area contributed by atoms with E-state index < -0.39 is 0 Å². The normalized spacial score (nSPS) is 33.0. The fourth-order valence-corrected chi connectivity index (χ4v) is 3.72. The van der Waals surface area contributed by atoms with Gasteiger partial charge in [-0.1, -0.05) is 0 Å². The van der Waals surface area contributed by atoms with Crippen molar-refractivity contribution in [1.29, 1.82) is 0 Å². The zero-order valence-corrected chi connectivity index (χ0v) is 13.7. The molecule has 0 aromatic heterocycles. The van der Waals surface area contributed by atoms with Gasteiger partial charge in [0.05, 0.1) is 0 Å². The number of hydrogen-bond donors (Lipinski definition) is 0. The van der Waals surface area contributed by atoms with Gasteiger partial charge in [-0.2, -0.15) is 0 Å². The van der Waals surface area contributed by atoms with E-state index in [0.717, 1.165) is 37.1 Å². The van der Waals surface area contributed by atoms with E-state index in [1.54, 1.807) is 0 Å². The lowest BCUT2D eigenvalue weighted by Crippen LogP contribution is -2.40. The van der Waals surface area contributed by atoms with Crippen molar-refractivity contribution in [3.05, 3.63) is 0 Å². The van der Waals surface area contributed by atoms with E-state index >= 15 is 0 Å². The maximum absolute atomic E-state index is 5.48. The smallest absolute Gasteiger partial charge is 0.0480 e. The number of hydrogen-bond acceptors (Lipinski definition) is 3. The van der Waals surface area contributed by atoms with Gasteiger partial charge in [-0.25, -0.2) is 0 Å². The molecule has 5 heteroatoms. The van der Waals surface area contributed by atoms with E-state index in [9.17, 15) is 0 Å². The van der Waals surface area contributed by atoms with Crippen molar-refractivity contribution in [2.24, 2.45) is 11.8 Å². The first kappa shape index (κ1) is 17.5. The van der Waals surface area contributed by atoms with Gasteiger partial charge in [0.2, 0.25) is 0 Å². The average Bonchev–Trinajstić information content (AvgIpc) is 3.09. The first-order valence-electron chi connectivity index (χ1n) is 7.24. The molecule has 2 aliphatic heterocycles.